The summed E-state index contributed by atoms with van der Waals surface area (Å²) in [6, 6.07) is 0. The highest BCUT2D eigenvalue weighted by molar-refractivity contribution is 7.47. The minimum absolute atomic E-state index is 0.0445. The number of carbonyl (C=O) groups excluding carboxylic acids is 2. The molecule has 9 nitrogen and oxygen atoms in total. The van der Waals surface area contributed by atoms with E-state index in [0.717, 1.165) is 38.5 Å². The molecule has 0 aromatic heterocycles. The number of hydrogen-bond acceptors (Lipinski definition) is 8. The fourth-order valence-corrected chi connectivity index (χ4v) is 7.00. The number of carbonyl (C=O) groups is 2. The van der Waals surface area contributed by atoms with E-state index in [1.807, 2.05) is 6.08 Å². The molecule has 10 heteroatoms. The van der Waals surface area contributed by atoms with E-state index in [1.165, 1.54) is 128 Å². The van der Waals surface area contributed by atoms with E-state index in [1.54, 1.807) is 0 Å². The molecular weight excluding hydrogens is 737 g/mol. The molecule has 0 amide bonds. The van der Waals surface area contributed by atoms with Gasteiger partial charge in [0.1, 0.15) is 6.61 Å². The molecule has 0 aromatic carbocycles. The number of rotatable bonds is 43. The Hall–Kier alpha value is -2.03. The van der Waals surface area contributed by atoms with Gasteiger partial charge in [0.25, 0.3) is 0 Å². The van der Waals surface area contributed by atoms with Gasteiger partial charge in [0, 0.05) is 19.4 Å². The average Bonchev–Trinajstić information content (AvgIpc) is 3.20. The van der Waals surface area contributed by atoms with Gasteiger partial charge in [-0.1, -0.05) is 172 Å². The summed E-state index contributed by atoms with van der Waals surface area (Å²) in [5.74, 6) is -0.890. The van der Waals surface area contributed by atoms with E-state index in [-0.39, 0.29) is 32.6 Å². The highest BCUT2D eigenvalue weighted by Gasteiger charge is 2.26. The van der Waals surface area contributed by atoms with Gasteiger partial charge in [-0.3, -0.25) is 18.6 Å². The highest BCUT2D eigenvalue weighted by atomic mass is 31.2. The Balaban J connectivity index is 4.18. The summed E-state index contributed by atoms with van der Waals surface area (Å²) < 4.78 is 32.8. The second-order valence-electron chi connectivity index (χ2n) is 15.3. The van der Waals surface area contributed by atoms with Crippen LogP contribution >= 0.6 is 7.82 Å². The molecule has 0 aliphatic rings. The minimum Gasteiger partial charge on any atom is -0.462 e. The maximum absolute atomic E-state index is 12.6. The topological polar surface area (TPSA) is 134 Å². The fraction of sp³-hybridized carbons (Fsp3) is 0.787. The van der Waals surface area contributed by atoms with Crippen molar-refractivity contribution in [3.05, 3.63) is 48.6 Å². The molecule has 0 aliphatic heterocycles. The summed E-state index contributed by atoms with van der Waals surface area (Å²) in [6.07, 6.45) is 50.1. The number of nitrogens with two attached hydrogens (primary N) is 1. The van der Waals surface area contributed by atoms with Crippen molar-refractivity contribution >= 4 is 19.8 Å². The van der Waals surface area contributed by atoms with Gasteiger partial charge in [0.05, 0.1) is 13.2 Å². The minimum atomic E-state index is -4.39. The van der Waals surface area contributed by atoms with E-state index in [2.05, 4.69) is 56.4 Å². The first-order chi connectivity index (χ1) is 27.8. The van der Waals surface area contributed by atoms with Crippen molar-refractivity contribution in [1.29, 1.82) is 0 Å². The van der Waals surface area contributed by atoms with Crippen LogP contribution in [0.2, 0.25) is 0 Å². The van der Waals surface area contributed by atoms with Crippen LogP contribution in [-0.4, -0.2) is 49.3 Å². The predicted molar refractivity (Wildman–Crippen MR) is 238 cm³/mol. The molecule has 1 unspecified atom stereocenters. The maximum Gasteiger partial charge on any atom is 0.472 e. The molecular formula is C47H86NO8P. The van der Waals surface area contributed by atoms with Crippen molar-refractivity contribution in [3.63, 3.8) is 0 Å². The summed E-state index contributed by atoms with van der Waals surface area (Å²) in [4.78, 5) is 34.9. The molecule has 0 heterocycles. The smallest absolute Gasteiger partial charge is 0.462 e. The summed E-state index contributed by atoms with van der Waals surface area (Å²) in [6.45, 7) is 3.67. The number of unbranched alkanes of at least 4 members (excludes halogenated alkanes) is 22. The first kappa shape index (κ1) is 55.0. The van der Waals surface area contributed by atoms with Crippen molar-refractivity contribution in [3.8, 4) is 0 Å². The van der Waals surface area contributed by atoms with E-state index in [9.17, 15) is 19.0 Å². The van der Waals surface area contributed by atoms with Crippen LogP contribution in [0.15, 0.2) is 48.6 Å². The lowest BCUT2D eigenvalue weighted by Gasteiger charge is -2.19. The first-order valence-electron chi connectivity index (χ1n) is 23.1. The molecule has 0 spiro atoms. The van der Waals surface area contributed by atoms with Gasteiger partial charge in [-0.2, -0.15) is 0 Å². The maximum atomic E-state index is 12.6. The zero-order chi connectivity index (χ0) is 41.8. The van der Waals surface area contributed by atoms with Crippen molar-refractivity contribution in [2.45, 2.75) is 213 Å². The van der Waals surface area contributed by atoms with Gasteiger partial charge in [-0.15, -0.1) is 0 Å². The van der Waals surface area contributed by atoms with Crippen molar-refractivity contribution < 1.29 is 37.6 Å². The molecule has 0 bridgehead atoms. The summed E-state index contributed by atoms with van der Waals surface area (Å²) in [5.41, 5.74) is 5.35. The van der Waals surface area contributed by atoms with Gasteiger partial charge in [-0.25, -0.2) is 4.57 Å². The first-order valence-corrected chi connectivity index (χ1v) is 24.6. The summed E-state index contributed by atoms with van der Waals surface area (Å²) in [7, 11) is -4.39. The molecule has 2 atom stereocenters. The van der Waals surface area contributed by atoms with Gasteiger partial charge < -0.3 is 20.1 Å². The second kappa shape index (κ2) is 43.5. The lowest BCUT2D eigenvalue weighted by molar-refractivity contribution is -0.161. The molecule has 0 aliphatic carbocycles. The third-order valence-electron chi connectivity index (χ3n) is 9.69. The molecule has 0 fully saturated rings. The van der Waals surface area contributed by atoms with Crippen LogP contribution in [0.1, 0.15) is 206 Å². The lowest BCUT2D eigenvalue weighted by atomic mass is 10.1. The van der Waals surface area contributed by atoms with E-state index in [0.29, 0.717) is 12.8 Å². The van der Waals surface area contributed by atoms with E-state index >= 15 is 0 Å². The molecule has 0 saturated heterocycles. The predicted octanol–water partition coefficient (Wildman–Crippen LogP) is 13.5. The Morgan fingerprint density at radius 3 is 1.42 bits per heavy atom. The normalized spacial score (nSPS) is 13.7. The highest BCUT2D eigenvalue weighted by Crippen LogP contribution is 2.43. The fourth-order valence-electron chi connectivity index (χ4n) is 6.23. The molecule has 0 radical (unpaired) electrons. The van der Waals surface area contributed by atoms with Crippen molar-refractivity contribution in [2.75, 3.05) is 26.4 Å². The Bertz CT molecular complexity index is 1080. The van der Waals surface area contributed by atoms with Crippen LogP contribution in [0.3, 0.4) is 0 Å². The monoisotopic (exact) mass is 824 g/mol. The number of phosphoric ester groups is 1. The van der Waals surface area contributed by atoms with E-state index < -0.39 is 32.5 Å². The van der Waals surface area contributed by atoms with Crippen LogP contribution in [-0.2, 0) is 32.7 Å². The average molecular weight is 824 g/mol. The number of esters is 2. The van der Waals surface area contributed by atoms with Crippen LogP contribution in [0.4, 0.5) is 0 Å². The van der Waals surface area contributed by atoms with Crippen LogP contribution in [0.25, 0.3) is 0 Å². The van der Waals surface area contributed by atoms with Gasteiger partial charge >= 0.3 is 19.8 Å². The molecule has 0 rings (SSSR count). The number of allylic oxidation sites excluding steroid dienone is 8. The molecule has 0 saturated carbocycles. The third kappa shape index (κ3) is 43.4. The molecule has 3 N–H and O–H groups in total. The number of hydrogen-bond donors (Lipinski definition) is 2. The quantitative estimate of drug-likeness (QED) is 0.0267. The Morgan fingerprint density at radius 1 is 0.526 bits per heavy atom. The Labute approximate surface area is 349 Å². The second-order valence-corrected chi connectivity index (χ2v) is 16.7. The largest absolute Gasteiger partial charge is 0.472 e. The van der Waals surface area contributed by atoms with Crippen LogP contribution in [0, 0.1) is 0 Å². The zero-order valence-corrected chi connectivity index (χ0v) is 37.5. The number of ether oxygens (including phenoxy) is 2. The van der Waals surface area contributed by atoms with Crippen LogP contribution < -0.4 is 5.73 Å². The lowest BCUT2D eigenvalue weighted by Crippen LogP contribution is -2.29. The Kier molecular flexibility index (Phi) is 42.0. The van der Waals surface area contributed by atoms with Gasteiger partial charge in [-0.05, 0) is 70.6 Å². The SMILES string of the molecule is CCCCCCCC/C=C\C/C=C\C/C=C\CCCC(=O)O[C@H](COC(=O)CCCCCCCCCCC/C=C\CCCCCCCC)COP(=O)(O)OCCN. The molecule has 0 aromatic rings. The van der Waals surface area contributed by atoms with Crippen molar-refractivity contribution in [2.24, 2.45) is 5.73 Å². The summed E-state index contributed by atoms with van der Waals surface area (Å²) >= 11 is 0. The van der Waals surface area contributed by atoms with Gasteiger partial charge in [0.2, 0.25) is 0 Å². The van der Waals surface area contributed by atoms with E-state index in [4.69, 9.17) is 24.3 Å². The molecule has 332 valence electrons. The molecule has 57 heavy (non-hydrogen) atoms. The summed E-state index contributed by atoms with van der Waals surface area (Å²) in [5, 5.41) is 0. The standard InChI is InChI=1S/C47H86NO8P/c1-3-5-7-9-11-13-15-17-19-21-22-24-25-27-29-31-33-35-37-39-46(49)53-43-45(44-55-57(51,52)54-42-41-48)56-47(50)40-38-36-34-32-30-28-26-23-20-18-16-14-12-10-8-6-4-2/h17-20,26,28,32,34,45H,3-16,21-25,27,29-31,33,35-44,48H2,1-2H3,(H,51,52)/b19-17-,20-18-,28-26-,34-32-/t45-/m1/s1. The van der Waals surface area contributed by atoms with Crippen molar-refractivity contribution in [1.82, 2.24) is 0 Å². The zero-order valence-electron chi connectivity index (χ0n) is 36.6. The number of phosphoric acid groups is 1. The van der Waals surface area contributed by atoms with Crippen LogP contribution in [0.5, 0.6) is 0 Å². The third-order valence-corrected chi connectivity index (χ3v) is 10.7. The Morgan fingerprint density at radius 2 is 0.930 bits per heavy atom. The van der Waals surface area contributed by atoms with Gasteiger partial charge in [0.15, 0.2) is 6.10 Å².